The average Bonchev–Trinajstić information content (AvgIpc) is 4.07. The van der Waals surface area contributed by atoms with Crippen LogP contribution in [0.5, 0.6) is 0 Å². The predicted molar refractivity (Wildman–Crippen MR) is 223 cm³/mol. The number of alkyl carbamates (subject to hydrolysis) is 2. The van der Waals surface area contributed by atoms with E-state index in [1.54, 1.807) is 13.3 Å². The van der Waals surface area contributed by atoms with E-state index in [2.05, 4.69) is 69.1 Å². The van der Waals surface area contributed by atoms with Crippen LogP contribution in [0.4, 0.5) is 9.59 Å². The van der Waals surface area contributed by atoms with Gasteiger partial charge in [-0.25, -0.2) is 19.6 Å². The Kier molecular flexibility index (Phi) is 12.2. The number of nitrogens with zero attached hydrogens (tertiary/aromatic N) is 4. The van der Waals surface area contributed by atoms with E-state index in [0.29, 0.717) is 31.9 Å². The lowest BCUT2D eigenvalue weighted by atomic mass is 9.99. The fourth-order valence-corrected chi connectivity index (χ4v) is 8.51. The van der Waals surface area contributed by atoms with Crippen LogP contribution in [0.1, 0.15) is 70.7 Å². The third-order valence-corrected chi connectivity index (χ3v) is 11.6. The van der Waals surface area contributed by atoms with E-state index in [9.17, 15) is 19.2 Å². The summed E-state index contributed by atoms with van der Waals surface area (Å²) in [6.45, 7) is 9.18. The molecule has 15 heteroatoms. The molecule has 4 heterocycles. The topological polar surface area (TPSA) is 184 Å². The fourth-order valence-electron chi connectivity index (χ4n) is 8.51. The van der Waals surface area contributed by atoms with Crippen LogP contribution in [0, 0.1) is 17.8 Å². The van der Waals surface area contributed by atoms with Crippen LogP contribution in [0.2, 0.25) is 0 Å². The summed E-state index contributed by atoms with van der Waals surface area (Å²) in [5.74, 6) is 0.944. The van der Waals surface area contributed by atoms with Crippen molar-refractivity contribution in [3.63, 3.8) is 0 Å². The standard InChI is InChI=1S/C44H54N8O7/c1-24(2)36(49-43(55)58-6)41(53)51-18-8-9-34(51)39-45-21-33(47-39)28-12-10-27(11-13-28)29-14-16-31-30(20-29)15-17-32-38(31)48-40(46-32)35-19-26(23-57-5)22-52(35)42(54)37(25(3)4)50-44(56)59-7/h10-17,20-21,24-26,34-37H,8-9,18-19,22-23H2,1-7H3,(H,45,47)(H,46,48)(H,49,55)(H,50,56)/t26-,34-,35-,36?,37-/m0/s1. The Morgan fingerprint density at radius 3 is 2.07 bits per heavy atom. The Morgan fingerprint density at radius 2 is 1.42 bits per heavy atom. The smallest absolute Gasteiger partial charge is 0.407 e. The van der Waals surface area contributed by atoms with Crippen molar-refractivity contribution in [3.05, 3.63) is 72.4 Å². The molecule has 0 radical (unpaired) electrons. The van der Waals surface area contributed by atoms with Crippen LogP contribution < -0.4 is 10.6 Å². The van der Waals surface area contributed by atoms with Crippen molar-refractivity contribution in [1.29, 1.82) is 0 Å². The summed E-state index contributed by atoms with van der Waals surface area (Å²) in [5, 5.41) is 7.49. The summed E-state index contributed by atoms with van der Waals surface area (Å²) < 4.78 is 15.1. The summed E-state index contributed by atoms with van der Waals surface area (Å²) in [6, 6.07) is 16.7. The molecule has 1 unspecified atom stereocenters. The maximum Gasteiger partial charge on any atom is 0.407 e. The van der Waals surface area contributed by atoms with Gasteiger partial charge in [0.1, 0.15) is 23.7 Å². The van der Waals surface area contributed by atoms with Crippen LogP contribution >= 0.6 is 0 Å². The Bertz CT molecular complexity index is 2320. The van der Waals surface area contributed by atoms with Crippen LogP contribution in [0.15, 0.2) is 60.8 Å². The molecule has 5 atom stereocenters. The lowest BCUT2D eigenvalue weighted by Gasteiger charge is -2.30. The van der Waals surface area contributed by atoms with Crippen molar-refractivity contribution >= 4 is 45.8 Å². The number of hydrogen-bond acceptors (Lipinski definition) is 9. The number of amides is 4. The number of H-pyrrole nitrogens is 2. The second-order valence-electron chi connectivity index (χ2n) is 16.2. The lowest BCUT2D eigenvalue weighted by molar-refractivity contribution is -0.136. The van der Waals surface area contributed by atoms with Gasteiger partial charge in [0.25, 0.3) is 0 Å². The number of hydrogen-bond donors (Lipinski definition) is 4. The zero-order valence-corrected chi connectivity index (χ0v) is 34.7. The first kappa shape index (κ1) is 41.2. The lowest BCUT2D eigenvalue weighted by Crippen LogP contribution is -2.51. The number of aromatic nitrogens is 4. The van der Waals surface area contributed by atoms with Crippen molar-refractivity contribution in [2.24, 2.45) is 17.8 Å². The molecular formula is C44H54N8O7. The number of imidazole rings is 2. The number of methoxy groups -OCH3 is 3. The summed E-state index contributed by atoms with van der Waals surface area (Å²) in [6.07, 6.45) is 2.82. The minimum Gasteiger partial charge on any atom is -0.453 e. The molecule has 15 nitrogen and oxygen atoms in total. The quantitative estimate of drug-likeness (QED) is 0.106. The van der Waals surface area contributed by atoms with Crippen LogP contribution in [-0.4, -0.2) is 107 Å². The van der Waals surface area contributed by atoms with Gasteiger partial charge in [0.15, 0.2) is 0 Å². The zero-order valence-electron chi connectivity index (χ0n) is 34.7. The molecule has 0 spiro atoms. The number of aromatic amines is 2. The van der Waals surface area contributed by atoms with Crippen LogP contribution in [0.3, 0.4) is 0 Å². The monoisotopic (exact) mass is 806 g/mol. The molecule has 2 aromatic heterocycles. The number of likely N-dealkylation sites (tertiary alicyclic amines) is 2. The molecule has 312 valence electrons. The number of carbonyl (C=O) groups is 4. The summed E-state index contributed by atoms with van der Waals surface area (Å²) in [7, 11) is 4.24. The summed E-state index contributed by atoms with van der Waals surface area (Å²) >= 11 is 0. The SMILES string of the molecule is COC[C@H]1C[C@@H](c2nc3ccc4cc(-c5ccc(-c6cnc([C@@H]7CCCN7C(=O)C(NC(=O)OC)C(C)C)[nH]6)cc5)ccc4c3[nH]2)N(C(=O)[C@@H](NC(=O)OC)C(C)C)C1. The van der Waals surface area contributed by atoms with E-state index in [-0.39, 0.29) is 41.7 Å². The van der Waals surface area contributed by atoms with Crippen molar-refractivity contribution in [1.82, 2.24) is 40.4 Å². The third-order valence-electron chi connectivity index (χ3n) is 11.6. The number of benzene rings is 3. The molecule has 0 bridgehead atoms. The maximum absolute atomic E-state index is 14.0. The van der Waals surface area contributed by atoms with Crippen LogP contribution in [0.25, 0.3) is 44.2 Å². The highest BCUT2D eigenvalue weighted by atomic mass is 16.5. The number of nitrogens with one attached hydrogen (secondary N) is 4. The van der Waals surface area contributed by atoms with Gasteiger partial charge in [0, 0.05) is 31.5 Å². The van der Waals surface area contributed by atoms with Gasteiger partial charge in [-0.15, -0.1) is 0 Å². The molecular weight excluding hydrogens is 753 g/mol. The van der Waals surface area contributed by atoms with E-state index in [1.807, 2.05) is 43.6 Å². The van der Waals surface area contributed by atoms with E-state index >= 15 is 0 Å². The molecule has 0 aliphatic carbocycles. The molecule has 7 rings (SSSR count). The summed E-state index contributed by atoms with van der Waals surface area (Å²) in [4.78, 5) is 72.0. The Labute approximate surface area is 343 Å². The molecule has 2 saturated heterocycles. The van der Waals surface area contributed by atoms with Crippen molar-refractivity contribution in [2.75, 3.05) is 41.0 Å². The van der Waals surface area contributed by atoms with E-state index < -0.39 is 24.3 Å². The molecule has 2 aliphatic rings. The fraction of sp³-hybridized carbons (Fsp3) is 0.455. The maximum atomic E-state index is 14.0. The van der Waals surface area contributed by atoms with Gasteiger partial charge in [0.2, 0.25) is 11.8 Å². The van der Waals surface area contributed by atoms with Gasteiger partial charge < -0.3 is 44.6 Å². The molecule has 0 saturated carbocycles. The van der Waals surface area contributed by atoms with E-state index in [4.69, 9.17) is 24.2 Å². The number of rotatable bonds is 12. The molecule has 4 amide bonds. The minimum atomic E-state index is -0.747. The zero-order chi connectivity index (χ0) is 42.0. The van der Waals surface area contributed by atoms with Gasteiger partial charge in [-0.3, -0.25) is 9.59 Å². The van der Waals surface area contributed by atoms with Crippen molar-refractivity contribution in [3.8, 4) is 22.4 Å². The predicted octanol–water partition coefficient (Wildman–Crippen LogP) is 6.73. The van der Waals surface area contributed by atoms with Gasteiger partial charge in [-0.2, -0.15) is 0 Å². The highest BCUT2D eigenvalue weighted by Crippen LogP contribution is 2.38. The third kappa shape index (κ3) is 8.47. The van der Waals surface area contributed by atoms with Gasteiger partial charge in [-0.05, 0) is 65.3 Å². The second kappa shape index (κ2) is 17.5. The van der Waals surface area contributed by atoms with Gasteiger partial charge >= 0.3 is 12.2 Å². The number of carbonyl (C=O) groups excluding carboxylic acids is 4. The average molecular weight is 807 g/mol. The molecule has 2 fully saturated rings. The molecule has 59 heavy (non-hydrogen) atoms. The van der Waals surface area contributed by atoms with Crippen molar-refractivity contribution < 1.29 is 33.4 Å². The van der Waals surface area contributed by atoms with E-state index in [1.165, 1.54) is 14.2 Å². The Morgan fingerprint density at radius 1 is 0.780 bits per heavy atom. The molecule has 3 aromatic carbocycles. The highest BCUT2D eigenvalue weighted by Gasteiger charge is 2.42. The van der Waals surface area contributed by atoms with Gasteiger partial charge in [0.05, 0.1) is 55.8 Å². The normalized spacial score (nSPS) is 19.1. The first-order chi connectivity index (χ1) is 28.4. The molecule has 5 aromatic rings. The second-order valence-corrected chi connectivity index (χ2v) is 16.2. The minimum absolute atomic E-state index is 0.111. The molecule has 2 aliphatic heterocycles. The van der Waals surface area contributed by atoms with Crippen LogP contribution in [-0.2, 0) is 23.8 Å². The van der Waals surface area contributed by atoms with Crippen molar-refractivity contribution in [2.45, 2.75) is 71.1 Å². The first-order valence-electron chi connectivity index (χ1n) is 20.3. The highest BCUT2D eigenvalue weighted by molar-refractivity contribution is 6.05. The summed E-state index contributed by atoms with van der Waals surface area (Å²) in [5.41, 5.74) is 5.63. The van der Waals surface area contributed by atoms with E-state index in [0.717, 1.165) is 62.9 Å². The number of fused-ring (bicyclic) bond motifs is 3. The Hall–Kier alpha value is -5.96. The molecule has 4 N–H and O–H groups in total. The first-order valence-corrected chi connectivity index (χ1v) is 20.3. The largest absolute Gasteiger partial charge is 0.453 e. The number of ether oxygens (including phenoxy) is 3. The Balaban J connectivity index is 1.09. The van der Waals surface area contributed by atoms with Gasteiger partial charge in [-0.1, -0.05) is 70.2 Å².